The summed E-state index contributed by atoms with van der Waals surface area (Å²) >= 11 is 6.06. The minimum atomic E-state index is 0.652. The molecule has 1 aliphatic carbocycles. The molecule has 0 amide bonds. The summed E-state index contributed by atoms with van der Waals surface area (Å²) in [6.07, 6.45) is 6.26. The van der Waals surface area contributed by atoms with Gasteiger partial charge in [-0.15, -0.1) is 0 Å². The summed E-state index contributed by atoms with van der Waals surface area (Å²) in [6.45, 7) is 2.65. The Morgan fingerprint density at radius 3 is 2.76 bits per heavy atom. The minimum Gasteiger partial charge on any atom is -0.352 e. The highest BCUT2D eigenvalue weighted by Crippen LogP contribution is 2.28. The van der Waals surface area contributed by atoms with E-state index in [2.05, 4.69) is 26.9 Å². The smallest absolute Gasteiger partial charge is 0.135 e. The first-order chi connectivity index (χ1) is 10.1. The van der Waals surface area contributed by atoms with Crippen molar-refractivity contribution in [3.8, 4) is 0 Å². The van der Waals surface area contributed by atoms with E-state index < -0.39 is 0 Å². The van der Waals surface area contributed by atoms with Gasteiger partial charge in [0.1, 0.15) is 22.6 Å². The molecule has 0 aliphatic heterocycles. The number of anilines is 1. The van der Waals surface area contributed by atoms with Gasteiger partial charge < -0.3 is 9.47 Å². The Labute approximate surface area is 130 Å². The number of aryl methyl sites for hydroxylation is 2. The van der Waals surface area contributed by atoms with Crippen LogP contribution in [0.1, 0.15) is 35.7 Å². The zero-order chi connectivity index (χ0) is 15.0. The number of aromatic nitrogens is 4. The molecule has 0 saturated carbocycles. The number of hydrogen-bond acceptors (Lipinski definition) is 4. The Bertz CT molecular complexity index is 664. The quantitative estimate of drug-likeness (QED) is 0.875. The van der Waals surface area contributed by atoms with Crippen LogP contribution in [0.25, 0.3) is 0 Å². The summed E-state index contributed by atoms with van der Waals surface area (Å²) in [5, 5.41) is 0.652. The van der Waals surface area contributed by atoms with E-state index in [9.17, 15) is 0 Å². The third-order valence-electron chi connectivity index (χ3n) is 4.04. The minimum absolute atomic E-state index is 0.652. The molecule has 2 heterocycles. The van der Waals surface area contributed by atoms with Crippen molar-refractivity contribution in [2.24, 2.45) is 7.05 Å². The van der Waals surface area contributed by atoms with Crippen LogP contribution in [0.2, 0.25) is 5.15 Å². The number of halogens is 1. The molecule has 3 rings (SSSR count). The van der Waals surface area contributed by atoms with Gasteiger partial charge in [-0.05, 0) is 32.6 Å². The molecule has 0 aromatic carbocycles. The highest BCUT2D eigenvalue weighted by atomic mass is 35.5. The van der Waals surface area contributed by atoms with Gasteiger partial charge in [-0.2, -0.15) is 0 Å². The molecule has 112 valence electrons. The molecular weight excluding hydrogens is 286 g/mol. The summed E-state index contributed by atoms with van der Waals surface area (Å²) in [7, 11) is 3.98. The highest BCUT2D eigenvalue weighted by molar-refractivity contribution is 6.29. The van der Waals surface area contributed by atoms with Crippen molar-refractivity contribution in [2.75, 3.05) is 11.9 Å². The van der Waals surface area contributed by atoms with Crippen molar-refractivity contribution in [1.82, 2.24) is 19.5 Å². The SMILES string of the molecule is Cc1nc2c(c(N(C)Cc3ncc(Cl)n3C)n1)CCCC2. The van der Waals surface area contributed by atoms with Crippen molar-refractivity contribution in [3.05, 3.63) is 34.3 Å². The molecule has 0 unspecified atom stereocenters. The molecule has 6 heteroatoms. The molecule has 0 radical (unpaired) electrons. The van der Waals surface area contributed by atoms with Crippen LogP contribution in [0.15, 0.2) is 6.20 Å². The second kappa shape index (κ2) is 5.64. The lowest BCUT2D eigenvalue weighted by Gasteiger charge is -2.25. The average Bonchev–Trinajstić information content (AvgIpc) is 2.78. The number of imidazole rings is 1. The molecule has 0 atom stereocenters. The standard InChI is InChI=1S/C15H20ClN5/c1-10-18-12-7-5-4-6-11(12)15(19-10)20(2)9-14-17-8-13(16)21(14)3/h8H,4-7,9H2,1-3H3. The topological polar surface area (TPSA) is 46.8 Å². The maximum absolute atomic E-state index is 6.06. The Morgan fingerprint density at radius 2 is 2.05 bits per heavy atom. The van der Waals surface area contributed by atoms with E-state index in [4.69, 9.17) is 11.6 Å². The van der Waals surface area contributed by atoms with Crippen molar-refractivity contribution >= 4 is 17.4 Å². The fourth-order valence-electron chi connectivity index (χ4n) is 2.87. The van der Waals surface area contributed by atoms with E-state index >= 15 is 0 Å². The molecule has 1 aliphatic rings. The largest absolute Gasteiger partial charge is 0.352 e. The van der Waals surface area contributed by atoms with Crippen LogP contribution in [-0.2, 0) is 26.4 Å². The van der Waals surface area contributed by atoms with Crippen LogP contribution < -0.4 is 4.90 Å². The van der Waals surface area contributed by atoms with Crippen LogP contribution in [0, 0.1) is 6.92 Å². The molecule has 5 nitrogen and oxygen atoms in total. The monoisotopic (exact) mass is 305 g/mol. The third-order valence-corrected chi connectivity index (χ3v) is 4.39. The predicted molar refractivity (Wildman–Crippen MR) is 83.7 cm³/mol. The van der Waals surface area contributed by atoms with Crippen LogP contribution in [0.4, 0.5) is 5.82 Å². The fourth-order valence-corrected chi connectivity index (χ4v) is 3.01. The van der Waals surface area contributed by atoms with E-state index in [0.717, 1.165) is 30.3 Å². The summed E-state index contributed by atoms with van der Waals surface area (Å²) < 4.78 is 1.90. The van der Waals surface area contributed by atoms with Crippen LogP contribution >= 0.6 is 11.6 Å². The summed E-state index contributed by atoms with van der Waals surface area (Å²) in [6, 6.07) is 0. The van der Waals surface area contributed by atoms with Gasteiger partial charge in [-0.25, -0.2) is 15.0 Å². The molecule has 0 bridgehead atoms. The number of hydrogen-bond donors (Lipinski definition) is 0. The van der Waals surface area contributed by atoms with Gasteiger partial charge in [0.2, 0.25) is 0 Å². The van der Waals surface area contributed by atoms with E-state index in [0.29, 0.717) is 11.7 Å². The fraction of sp³-hybridized carbons (Fsp3) is 0.533. The van der Waals surface area contributed by atoms with Gasteiger partial charge in [0, 0.05) is 25.4 Å². The Morgan fingerprint density at radius 1 is 1.29 bits per heavy atom. The number of rotatable bonds is 3. The third kappa shape index (κ3) is 2.75. The van der Waals surface area contributed by atoms with E-state index in [-0.39, 0.29) is 0 Å². The van der Waals surface area contributed by atoms with E-state index in [1.807, 2.05) is 18.5 Å². The van der Waals surface area contributed by atoms with Gasteiger partial charge in [0.15, 0.2) is 0 Å². The molecule has 0 saturated heterocycles. The second-order valence-electron chi connectivity index (χ2n) is 5.64. The summed E-state index contributed by atoms with van der Waals surface area (Å²) in [4.78, 5) is 15.8. The zero-order valence-electron chi connectivity index (χ0n) is 12.7. The maximum Gasteiger partial charge on any atom is 0.135 e. The Kier molecular flexibility index (Phi) is 3.85. The highest BCUT2D eigenvalue weighted by Gasteiger charge is 2.20. The zero-order valence-corrected chi connectivity index (χ0v) is 13.5. The van der Waals surface area contributed by atoms with Gasteiger partial charge >= 0.3 is 0 Å². The molecule has 0 fully saturated rings. The molecule has 21 heavy (non-hydrogen) atoms. The number of fused-ring (bicyclic) bond motifs is 1. The lowest BCUT2D eigenvalue weighted by molar-refractivity contribution is 0.650. The molecule has 2 aromatic rings. The van der Waals surface area contributed by atoms with Gasteiger partial charge in [0.05, 0.1) is 12.7 Å². The van der Waals surface area contributed by atoms with Crippen LogP contribution in [-0.4, -0.2) is 26.6 Å². The average molecular weight is 306 g/mol. The van der Waals surface area contributed by atoms with E-state index in [1.165, 1.54) is 24.1 Å². The van der Waals surface area contributed by atoms with Crippen molar-refractivity contribution in [1.29, 1.82) is 0 Å². The summed E-state index contributed by atoms with van der Waals surface area (Å²) in [5.74, 6) is 2.81. The van der Waals surface area contributed by atoms with Gasteiger partial charge in [-0.3, -0.25) is 0 Å². The molecule has 2 aromatic heterocycles. The number of nitrogens with zero attached hydrogens (tertiary/aromatic N) is 5. The summed E-state index contributed by atoms with van der Waals surface area (Å²) in [5.41, 5.74) is 2.52. The Balaban J connectivity index is 1.92. The Hall–Kier alpha value is -1.62. The first-order valence-electron chi connectivity index (χ1n) is 7.30. The second-order valence-corrected chi connectivity index (χ2v) is 6.03. The van der Waals surface area contributed by atoms with E-state index in [1.54, 1.807) is 6.20 Å². The van der Waals surface area contributed by atoms with Crippen molar-refractivity contribution in [2.45, 2.75) is 39.2 Å². The van der Waals surface area contributed by atoms with Gasteiger partial charge in [-0.1, -0.05) is 11.6 Å². The van der Waals surface area contributed by atoms with Crippen molar-refractivity contribution < 1.29 is 0 Å². The van der Waals surface area contributed by atoms with Crippen molar-refractivity contribution in [3.63, 3.8) is 0 Å². The molecular formula is C15H20ClN5. The first kappa shape index (κ1) is 14.3. The first-order valence-corrected chi connectivity index (χ1v) is 7.67. The van der Waals surface area contributed by atoms with Crippen LogP contribution in [0.5, 0.6) is 0 Å². The predicted octanol–water partition coefficient (Wildman–Crippen LogP) is 2.69. The maximum atomic E-state index is 6.06. The lowest BCUT2D eigenvalue weighted by Crippen LogP contribution is -2.24. The molecule has 0 N–H and O–H groups in total. The normalized spacial score (nSPS) is 14.1. The molecule has 0 spiro atoms. The van der Waals surface area contributed by atoms with Crippen LogP contribution in [0.3, 0.4) is 0 Å². The lowest BCUT2D eigenvalue weighted by atomic mass is 9.96. The van der Waals surface area contributed by atoms with Gasteiger partial charge in [0.25, 0.3) is 0 Å².